The van der Waals surface area contributed by atoms with Crippen LogP contribution in [-0.2, 0) is 6.42 Å². The van der Waals surface area contributed by atoms with Gasteiger partial charge in [-0.25, -0.2) is 0 Å². The molecule has 0 bridgehead atoms. The van der Waals surface area contributed by atoms with E-state index in [1.165, 1.54) is 0 Å². The Labute approximate surface area is 97.4 Å². The third-order valence-corrected chi connectivity index (χ3v) is 2.22. The number of para-hydroxylation sites is 1. The van der Waals surface area contributed by atoms with Crippen LogP contribution >= 0.6 is 0 Å². The monoisotopic (exact) mass is 233 g/mol. The first-order valence-electron chi connectivity index (χ1n) is 4.95. The van der Waals surface area contributed by atoms with E-state index in [0.29, 0.717) is 12.3 Å². The summed E-state index contributed by atoms with van der Waals surface area (Å²) in [4.78, 5) is 14.7. The Morgan fingerprint density at radius 2 is 2.24 bits per heavy atom. The summed E-state index contributed by atoms with van der Waals surface area (Å²) >= 11 is 0. The van der Waals surface area contributed by atoms with E-state index in [4.69, 9.17) is 15.0 Å². The van der Waals surface area contributed by atoms with E-state index < -0.39 is 5.91 Å². The van der Waals surface area contributed by atoms with Crippen molar-refractivity contribution in [2.45, 2.75) is 6.42 Å². The molecule has 1 aromatic heterocycles. The second kappa shape index (κ2) is 4.65. The lowest BCUT2D eigenvalue weighted by atomic mass is 10.1. The van der Waals surface area contributed by atoms with Crippen molar-refractivity contribution in [2.75, 3.05) is 7.11 Å². The number of nitrogens with two attached hydrogens (primary N) is 1. The molecule has 88 valence electrons. The lowest BCUT2D eigenvalue weighted by Crippen LogP contribution is -2.12. The zero-order valence-electron chi connectivity index (χ0n) is 9.21. The van der Waals surface area contributed by atoms with Gasteiger partial charge in [0.15, 0.2) is 0 Å². The van der Waals surface area contributed by atoms with Gasteiger partial charge < -0.3 is 15.0 Å². The van der Waals surface area contributed by atoms with E-state index in [1.807, 2.05) is 24.3 Å². The largest absolute Gasteiger partial charge is 0.496 e. The molecule has 0 aliphatic heterocycles. The summed E-state index contributed by atoms with van der Waals surface area (Å²) in [6.45, 7) is 0. The highest BCUT2D eigenvalue weighted by molar-refractivity contribution is 5.88. The topological polar surface area (TPSA) is 91.2 Å². The molecular weight excluding hydrogens is 222 g/mol. The van der Waals surface area contributed by atoms with Gasteiger partial charge in [-0.3, -0.25) is 4.79 Å². The summed E-state index contributed by atoms with van der Waals surface area (Å²) in [6.07, 6.45) is 0.393. The maximum Gasteiger partial charge on any atom is 0.290 e. The number of primary amides is 1. The molecule has 0 spiro atoms. The molecule has 2 N–H and O–H groups in total. The zero-order valence-corrected chi connectivity index (χ0v) is 9.21. The number of nitrogens with zero attached hydrogens (tertiary/aromatic N) is 2. The van der Waals surface area contributed by atoms with Gasteiger partial charge in [0.1, 0.15) is 5.75 Å². The average Bonchev–Trinajstić information content (AvgIpc) is 2.78. The number of methoxy groups -OCH3 is 1. The van der Waals surface area contributed by atoms with Crippen LogP contribution in [0, 0.1) is 0 Å². The molecule has 0 saturated carbocycles. The Morgan fingerprint density at radius 3 is 2.88 bits per heavy atom. The number of rotatable bonds is 4. The highest BCUT2D eigenvalue weighted by atomic mass is 16.5. The summed E-state index contributed by atoms with van der Waals surface area (Å²) in [6, 6.07) is 7.46. The van der Waals surface area contributed by atoms with E-state index >= 15 is 0 Å². The van der Waals surface area contributed by atoms with Crippen molar-refractivity contribution in [2.24, 2.45) is 5.73 Å². The van der Waals surface area contributed by atoms with Gasteiger partial charge in [0, 0.05) is 5.56 Å². The first-order valence-corrected chi connectivity index (χ1v) is 4.95. The predicted molar refractivity (Wildman–Crippen MR) is 58.6 cm³/mol. The first kappa shape index (κ1) is 11.1. The van der Waals surface area contributed by atoms with Crippen LogP contribution in [0.5, 0.6) is 5.75 Å². The van der Waals surface area contributed by atoms with Crippen LogP contribution in [0.15, 0.2) is 28.8 Å². The molecule has 0 saturated heterocycles. The minimum Gasteiger partial charge on any atom is -0.496 e. The second-order valence-corrected chi connectivity index (χ2v) is 3.36. The fourth-order valence-electron chi connectivity index (χ4n) is 1.44. The maximum absolute atomic E-state index is 10.8. The van der Waals surface area contributed by atoms with Crippen molar-refractivity contribution in [3.63, 3.8) is 0 Å². The Balaban J connectivity index is 2.22. The van der Waals surface area contributed by atoms with Gasteiger partial charge >= 0.3 is 0 Å². The standard InChI is InChI=1S/C11H11N3O3/c1-16-8-5-3-2-4-7(8)6-9-13-11(10(12)15)14-17-9/h2-5H,6H2,1H3,(H2,12,15). The molecule has 0 aliphatic rings. The molecule has 0 atom stereocenters. The van der Waals surface area contributed by atoms with Gasteiger partial charge in [0.2, 0.25) is 5.89 Å². The zero-order chi connectivity index (χ0) is 12.3. The van der Waals surface area contributed by atoms with Crippen LogP contribution in [0.25, 0.3) is 0 Å². The van der Waals surface area contributed by atoms with Crippen LogP contribution in [-0.4, -0.2) is 23.2 Å². The van der Waals surface area contributed by atoms with Crippen LogP contribution < -0.4 is 10.5 Å². The Morgan fingerprint density at radius 1 is 1.47 bits per heavy atom. The van der Waals surface area contributed by atoms with Gasteiger partial charge in [-0.15, -0.1) is 0 Å². The normalized spacial score (nSPS) is 10.2. The fourth-order valence-corrected chi connectivity index (χ4v) is 1.44. The summed E-state index contributed by atoms with van der Waals surface area (Å²) in [5, 5.41) is 3.47. The second-order valence-electron chi connectivity index (χ2n) is 3.36. The molecule has 17 heavy (non-hydrogen) atoms. The summed E-state index contributed by atoms with van der Waals surface area (Å²) in [7, 11) is 1.58. The van der Waals surface area contributed by atoms with Crippen molar-refractivity contribution < 1.29 is 14.1 Å². The van der Waals surface area contributed by atoms with Crippen molar-refractivity contribution in [3.05, 3.63) is 41.5 Å². The highest BCUT2D eigenvalue weighted by Crippen LogP contribution is 2.20. The van der Waals surface area contributed by atoms with E-state index in [0.717, 1.165) is 11.3 Å². The molecule has 1 heterocycles. The van der Waals surface area contributed by atoms with Gasteiger partial charge in [-0.1, -0.05) is 23.4 Å². The van der Waals surface area contributed by atoms with Crippen LogP contribution in [0.4, 0.5) is 0 Å². The minimum absolute atomic E-state index is 0.116. The van der Waals surface area contributed by atoms with Crippen LogP contribution in [0.1, 0.15) is 22.1 Å². The van der Waals surface area contributed by atoms with E-state index in [2.05, 4.69) is 10.1 Å². The summed E-state index contributed by atoms with van der Waals surface area (Å²) in [5.41, 5.74) is 5.93. The lowest BCUT2D eigenvalue weighted by molar-refractivity contribution is 0.0987. The van der Waals surface area contributed by atoms with Gasteiger partial charge in [0.25, 0.3) is 11.7 Å². The molecule has 2 aromatic rings. The molecule has 1 amide bonds. The smallest absolute Gasteiger partial charge is 0.290 e. The molecule has 1 aromatic carbocycles. The van der Waals surface area contributed by atoms with Crippen molar-refractivity contribution in [1.29, 1.82) is 0 Å². The Hall–Kier alpha value is -2.37. The van der Waals surface area contributed by atoms with Gasteiger partial charge in [-0.2, -0.15) is 4.98 Å². The number of amides is 1. The number of aromatic nitrogens is 2. The average molecular weight is 233 g/mol. The number of benzene rings is 1. The lowest BCUT2D eigenvalue weighted by Gasteiger charge is -2.04. The fraction of sp³-hybridized carbons (Fsp3) is 0.182. The summed E-state index contributed by atoms with van der Waals surface area (Å²) < 4.78 is 10.1. The molecule has 0 fully saturated rings. The number of carbonyl (C=O) groups is 1. The molecule has 0 radical (unpaired) electrons. The number of carbonyl (C=O) groups excluding carboxylic acids is 1. The van der Waals surface area contributed by atoms with Gasteiger partial charge in [-0.05, 0) is 6.07 Å². The third kappa shape index (κ3) is 2.41. The number of hydrogen-bond acceptors (Lipinski definition) is 5. The molecule has 0 unspecified atom stereocenters. The Kier molecular flexibility index (Phi) is 3.04. The van der Waals surface area contributed by atoms with Crippen LogP contribution in [0.3, 0.4) is 0 Å². The van der Waals surface area contributed by atoms with E-state index in [9.17, 15) is 4.79 Å². The summed E-state index contributed by atoms with van der Waals surface area (Å²) in [5.74, 6) is 0.226. The maximum atomic E-state index is 10.8. The number of ether oxygens (including phenoxy) is 1. The Bertz CT molecular complexity index is 536. The third-order valence-electron chi connectivity index (χ3n) is 2.22. The van der Waals surface area contributed by atoms with Crippen molar-refractivity contribution >= 4 is 5.91 Å². The minimum atomic E-state index is -0.708. The SMILES string of the molecule is COc1ccccc1Cc1nc(C(N)=O)no1. The molecule has 0 aliphatic carbocycles. The molecular formula is C11H11N3O3. The number of hydrogen-bond donors (Lipinski definition) is 1. The van der Waals surface area contributed by atoms with E-state index in [1.54, 1.807) is 7.11 Å². The van der Waals surface area contributed by atoms with Crippen molar-refractivity contribution in [3.8, 4) is 5.75 Å². The first-order chi connectivity index (χ1) is 8.20. The predicted octanol–water partition coefficient (Wildman–Crippen LogP) is 0.768. The quantitative estimate of drug-likeness (QED) is 0.842. The molecule has 6 nitrogen and oxygen atoms in total. The highest BCUT2D eigenvalue weighted by Gasteiger charge is 2.12. The van der Waals surface area contributed by atoms with E-state index in [-0.39, 0.29) is 5.82 Å². The molecule has 6 heteroatoms. The van der Waals surface area contributed by atoms with Gasteiger partial charge in [0.05, 0.1) is 13.5 Å². The van der Waals surface area contributed by atoms with Crippen molar-refractivity contribution in [1.82, 2.24) is 10.1 Å². The molecule has 2 rings (SSSR count). The van der Waals surface area contributed by atoms with Crippen LogP contribution in [0.2, 0.25) is 0 Å².